The third kappa shape index (κ3) is 6.72. The molecule has 2 aromatic heterocycles. The minimum Gasteiger partial charge on any atom is -0.453 e. The summed E-state index contributed by atoms with van der Waals surface area (Å²) >= 11 is 0. The lowest BCUT2D eigenvalue weighted by Gasteiger charge is -2.35. The van der Waals surface area contributed by atoms with E-state index in [2.05, 4.69) is 80.7 Å². The zero-order valence-corrected chi connectivity index (χ0v) is 31.7. The van der Waals surface area contributed by atoms with Crippen molar-refractivity contribution in [1.82, 2.24) is 35.1 Å². The summed E-state index contributed by atoms with van der Waals surface area (Å²) in [7, 11) is 1.29. The van der Waals surface area contributed by atoms with Gasteiger partial charge in [0.25, 0.3) is 0 Å². The lowest BCUT2D eigenvalue weighted by atomic mass is 9.98. The lowest BCUT2D eigenvalue weighted by molar-refractivity contribution is -0.131. The third-order valence-electron chi connectivity index (χ3n) is 12.0. The number of methoxy groups -OCH3 is 1. The lowest BCUT2D eigenvalue weighted by Crippen LogP contribution is -2.43. The minimum atomic E-state index is -0.618. The number of hydrogen-bond donors (Lipinski definition) is 3. The molecule has 4 aliphatic rings. The first-order chi connectivity index (χ1) is 26.5. The van der Waals surface area contributed by atoms with E-state index in [1.807, 2.05) is 43.0 Å². The fourth-order valence-corrected chi connectivity index (χ4v) is 9.06. The zero-order valence-electron chi connectivity index (χ0n) is 31.7. The van der Waals surface area contributed by atoms with Crippen LogP contribution in [0.25, 0.3) is 44.4 Å². The summed E-state index contributed by atoms with van der Waals surface area (Å²) in [5, 5.41) is 4.77. The van der Waals surface area contributed by atoms with E-state index in [0.717, 1.165) is 94.6 Å². The van der Waals surface area contributed by atoms with Crippen LogP contribution in [0.2, 0.25) is 0 Å². The van der Waals surface area contributed by atoms with Crippen LogP contribution in [-0.4, -0.2) is 79.7 Å². The first-order valence-electron chi connectivity index (χ1n) is 19.3. The number of aromatic amines is 2. The van der Waals surface area contributed by atoms with Crippen LogP contribution in [0.15, 0.2) is 73.1 Å². The summed E-state index contributed by atoms with van der Waals surface area (Å²) in [5.41, 5.74) is 5.73. The van der Waals surface area contributed by atoms with Gasteiger partial charge in [-0.05, 0) is 110 Å². The molecule has 4 heterocycles. The van der Waals surface area contributed by atoms with Crippen molar-refractivity contribution in [2.24, 2.45) is 11.3 Å². The number of hydrogen-bond acceptors (Lipinski definition) is 7. The molecule has 2 saturated carbocycles. The number of nitrogens with one attached hydrogen (secondary N) is 3. The van der Waals surface area contributed by atoms with Gasteiger partial charge >= 0.3 is 12.2 Å². The monoisotopic (exact) mass is 741 g/mol. The van der Waals surface area contributed by atoms with Gasteiger partial charge in [0.1, 0.15) is 23.8 Å². The average molecular weight is 742 g/mol. The summed E-state index contributed by atoms with van der Waals surface area (Å²) in [4.78, 5) is 58.3. The molecule has 4 atom stereocenters. The number of likely N-dealkylation sites (tertiary alicyclic amines) is 2. The highest BCUT2D eigenvalue weighted by molar-refractivity contribution is 5.90. The maximum Gasteiger partial charge on any atom is 0.411 e. The topological polar surface area (TPSA) is 146 Å². The van der Waals surface area contributed by atoms with Crippen molar-refractivity contribution in [2.45, 2.75) is 83.0 Å². The number of nitrogens with zero attached hydrogens (tertiary/aromatic N) is 4. The van der Waals surface area contributed by atoms with Gasteiger partial charge in [-0.2, -0.15) is 0 Å². The molecular weight excluding hydrogens is 695 g/mol. The van der Waals surface area contributed by atoms with E-state index in [4.69, 9.17) is 14.7 Å². The van der Waals surface area contributed by atoms with Crippen molar-refractivity contribution in [2.75, 3.05) is 20.2 Å². The van der Waals surface area contributed by atoms with Crippen LogP contribution in [-0.2, 0) is 14.3 Å². The van der Waals surface area contributed by atoms with Gasteiger partial charge in [-0.3, -0.25) is 9.69 Å². The number of carbonyl (C=O) groups is 3. The van der Waals surface area contributed by atoms with Gasteiger partial charge in [-0.1, -0.05) is 48.5 Å². The molecule has 12 nitrogen and oxygen atoms in total. The molecule has 3 N–H and O–H groups in total. The average Bonchev–Trinajstić information content (AvgIpc) is 3.80. The molecule has 3 amide bonds. The predicted octanol–water partition coefficient (Wildman–Crippen LogP) is 8.16. The van der Waals surface area contributed by atoms with Crippen LogP contribution in [0.1, 0.15) is 83.0 Å². The molecule has 12 heteroatoms. The minimum absolute atomic E-state index is 0.0959. The summed E-state index contributed by atoms with van der Waals surface area (Å²) in [6.07, 6.45) is 9.02. The Bertz CT molecular complexity index is 2280. The fraction of sp³-hybridized carbons (Fsp3) is 0.419. The van der Waals surface area contributed by atoms with Crippen molar-refractivity contribution in [3.8, 4) is 33.6 Å². The van der Waals surface area contributed by atoms with Crippen LogP contribution >= 0.6 is 0 Å². The number of ether oxygens (including phenoxy) is 2. The maximum absolute atomic E-state index is 13.2. The number of imidazole rings is 2. The highest BCUT2D eigenvalue weighted by Crippen LogP contribution is 2.58. The summed E-state index contributed by atoms with van der Waals surface area (Å²) in [5.74, 6) is 1.84. The summed E-state index contributed by atoms with van der Waals surface area (Å²) in [6, 6.07) is 21.3. The SMILES string of the molecule is COC(=O)NCC(=O)N1CC2(CC2)C[C@H]1c1ncc(-c2ccc3cc(-c4ccc(-c5cnc([C@@H]6[C@H]7CCC(C7)N6C(=O)OC(C)(C)C)[nH]5)cc4)ccc3c2)[nH]1. The smallest absolute Gasteiger partial charge is 0.411 e. The summed E-state index contributed by atoms with van der Waals surface area (Å²) in [6.45, 7) is 6.30. The number of benzene rings is 3. The Morgan fingerprint density at radius 1 is 0.855 bits per heavy atom. The number of rotatable bonds is 7. The maximum atomic E-state index is 13.2. The number of aromatic nitrogens is 4. The molecule has 0 radical (unpaired) electrons. The number of fused-ring (bicyclic) bond motifs is 3. The van der Waals surface area contributed by atoms with E-state index in [1.54, 1.807) is 0 Å². The number of H-pyrrole nitrogens is 2. The van der Waals surface area contributed by atoms with Crippen LogP contribution in [0, 0.1) is 11.3 Å². The van der Waals surface area contributed by atoms with Crippen molar-refractivity contribution in [3.63, 3.8) is 0 Å². The molecule has 284 valence electrons. The van der Waals surface area contributed by atoms with E-state index in [9.17, 15) is 14.4 Å². The van der Waals surface area contributed by atoms with Gasteiger partial charge in [0.15, 0.2) is 0 Å². The van der Waals surface area contributed by atoms with Crippen molar-refractivity contribution in [1.29, 1.82) is 0 Å². The molecule has 2 aliphatic carbocycles. The second kappa shape index (κ2) is 13.3. The molecule has 1 spiro atoms. The second-order valence-electron chi connectivity index (χ2n) is 16.9. The Kier molecular flexibility index (Phi) is 8.47. The van der Waals surface area contributed by atoms with Crippen LogP contribution in [0.4, 0.5) is 9.59 Å². The molecule has 9 rings (SSSR count). The van der Waals surface area contributed by atoms with Crippen molar-refractivity contribution in [3.05, 3.63) is 84.7 Å². The number of carbonyl (C=O) groups excluding carboxylic acids is 3. The summed E-state index contributed by atoms with van der Waals surface area (Å²) < 4.78 is 10.4. The molecule has 5 aromatic rings. The highest BCUT2D eigenvalue weighted by atomic mass is 16.6. The van der Waals surface area contributed by atoms with E-state index in [-0.39, 0.29) is 42.1 Å². The van der Waals surface area contributed by atoms with Crippen LogP contribution in [0.3, 0.4) is 0 Å². The largest absolute Gasteiger partial charge is 0.453 e. The Balaban J connectivity index is 0.890. The van der Waals surface area contributed by atoms with E-state index in [0.29, 0.717) is 12.5 Å². The fourth-order valence-electron chi connectivity index (χ4n) is 9.06. The molecule has 2 saturated heterocycles. The molecule has 2 bridgehead atoms. The zero-order chi connectivity index (χ0) is 38.1. The number of alkyl carbamates (subject to hydrolysis) is 1. The molecule has 3 aromatic carbocycles. The second-order valence-corrected chi connectivity index (χ2v) is 16.9. The van der Waals surface area contributed by atoms with Gasteiger partial charge in [0.2, 0.25) is 5.91 Å². The third-order valence-corrected chi connectivity index (χ3v) is 12.0. The molecule has 55 heavy (non-hydrogen) atoms. The normalized spacial score (nSPS) is 22.4. The van der Waals surface area contributed by atoms with E-state index < -0.39 is 11.7 Å². The van der Waals surface area contributed by atoms with Crippen molar-refractivity contribution >= 4 is 28.9 Å². The quantitative estimate of drug-likeness (QED) is 0.153. The Morgan fingerprint density at radius 2 is 1.49 bits per heavy atom. The van der Waals surface area contributed by atoms with Gasteiger partial charge in [0.05, 0.1) is 43.0 Å². The van der Waals surface area contributed by atoms with Crippen LogP contribution < -0.4 is 5.32 Å². The standard InChI is InChI=1S/C43H47N7O5/c1-42(2,3)55-41(53)50-32-14-13-31(19-32)37(50)39-45-21-33(48-39)26-7-5-25(6-8-26)27-9-10-29-18-30(12-11-28(29)17-27)34-22-44-38(47-34)35-20-43(15-16-43)24-49(35)36(51)23-46-40(52)54-4/h5-12,17-18,21-22,31-32,35,37H,13-16,19-20,23-24H2,1-4H3,(H,44,47)(H,45,48)(H,46,52)/t31-,32?,35-,37-/m0/s1. The predicted molar refractivity (Wildman–Crippen MR) is 208 cm³/mol. The Morgan fingerprint density at radius 3 is 2.20 bits per heavy atom. The molecule has 4 fully saturated rings. The highest BCUT2D eigenvalue weighted by Gasteiger charge is 2.54. The van der Waals surface area contributed by atoms with E-state index in [1.165, 1.54) is 7.11 Å². The Hall–Kier alpha value is -5.65. The number of amides is 3. The van der Waals surface area contributed by atoms with Gasteiger partial charge in [-0.15, -0.1) is 0 Å². The first kappa shape index (κ1) is 35.1. The Labute approximate surface area is 320 Å². The van der Waals surface area contributed by atoms with Gasteiger partial charge in [0, 0.05) is 18.2 Å². The molecule has 2 aliphatic heterocycles. The van der Waals surface area contributed by atoms with E-state index >= 15 is 0 Å². The number of piperidine rings is 1. The molecule has 1 unspecified atom stereocenters. The van der Waals surface area contributed by atoms with Crippen molar-refractivity contribution < 1.29 is 23.9 Å². The first-order valence-corrected chi connectivity index (χ1v) is 19.3. The van der Waals surface area contributed by atoms with Crippen LogP contribution in [0.5, 0.6) is 0 Å². The molecular formula is C43H47N7O5. The van der Waals surface area contributed by atoms with Gasteiger partial charge in [-0.25, -0.2) is 19.6 Å². The van der Waals surface area contributed by atoms with Gasteiger partial charge < -0.3 is 29.7 Å².